The van der Waals surface area contributed by atoms with Crippen LogP contribution in [-0.2, 0) is 0 Å². The first kappa shape index (κ1) is 34.3. The lowest BCUT2D eigenvalue weighted by atomic mass is 9.92. The van der Waals surface area contributed by atoms with E-state index in [9.17, 15) is 10.5 Å². The van der Waals surface area contributed by atoms with Crippen molar-refractivity contribution in [3.8, 4) is 43.8 Å². The van der Waals surface area contributed by atoms with E-state index in [4.69, 9.17) is 15.9 Å². The van der Waals surface area contributed by atoms with Crippen LogP contribution < -0.4 is 0 Å². The zero-order valence-electron chi connectivity index (χ0n) is 25.9. The van der Waals surface area contributed by atoms with Gasteiger partial charge in [-0.1, -0.05) is 12.2 Å². The average molecular weight is 783 g/mol. The van der Waals surface area contributed by atoms with Crippen molar-refractivity contribution in [3.05, 3.63) is 124 Å². The van der Waals surface area contributed by atoms with E-state index < -0.39 is 0 Å². The molecule has 0 fully saturated rings. The minimum atomic E-state index is 0.299. The molecule has 0 amide bonds. The Hall–Kier alpha value is -5.19. The molecule has 1 N–H and O–H groups in total. The van der Waals surface area contributed by atoms with Crippen LogP contribution in [0.5, 0.6) is 0 Å². The zero-order valence-corrected chi connectivity index (χ0v) is 31.7. The summed E-state index contributed by atoms with van der Waals surface area (Å²) in [5.41, 5.74) is 3.44. The smallest absolute Gasteiger partial charge is 0.110 e. The fraction of sp³-hybridized carbons (Fsp3) is 0. The predicted molar refractivity (Wildman–Crippen MR) is 220 cm³/mol. The minimum Gasteiger partial charge on any atom is -0.298 e. The molecule has 6 nitrogen and oxygen atoms in total. The highest BCUT2D eigenvalue weighted by atomic mass is 32.1. The number of nitrogens with zero attached hydrogens (tertiary/aromatic N) is 5. The van der Waals surface area contributed by atoms with Gasteiger partial charge in [-0.25, -0.2) is 4.40 Å². The highest BCUT2D eigenvalue weighted by Gasteiger charge is 2.25. The first-order valence-corrected chi connectivity index (χ1v) is 20.1. The van der Waals surface area contributed by atoms with E-state index in [-0.39, 0.29) is 0 Å². The van der Waals surface area contributed by atoms with E-state index >= 15 is 0 Å². The van der Waals surface area contributed by atoms with Crippen LogP contribution in [0.1, 0.15) is 39.0 Å². The van der Waals surface area contributed by atoms with Crippen LogP contribution in [0.2, 0.25) is 0 Å². The Morgan fingerprint density at radius 2 is 0.980 bits per heavy atom. The van der Waals surface area contributed by atoms with Gasteiger partial charge in [-0.3, -0.25) is 5.41 Å². The summed E-state index contributed by atoms with van der Waals surface area (Å²) in [6.45, 7) is 0. The molecule has 6 heterocycles. The SMILES string of the molecule is N#C/C(=C\c1ccc(-c2ccc(C3=CC=C(c4ccc(-c5ccc(/C=C(\C#N)c6ccc(C#N)s6)s5)s4)/C(=N/S)C3=N)s2)s1)c1ccc(C#N)s1. The van der Waals surface area contributed by atoms with Crippen molar-refractivity contribution in [1.29, 1.82) is 26.5 Å². The van der Waals surface area contributed by atoms with Crippen molar-refractivity contribution in [2.75, 3.05) is 0 Å². The lowest BCUT2D eigenvalue weighted by molar-refractivity contribution is 1.52. The third kappa shape index (κ3) is 7.07. The summed E-state index contributed by atoms with van der Waals surface area (Å²) >= 11 is 13.3. The number of thiol groups is 1. The van der Waals surface area contributed by atoms with Crippen molar-refractivity contribution >= 4 is 127 Å². The van der Waals surface area contributed by atoms with Gasteiger partial charge in [0, 0.05) is 59.9 Å². The first-order chi connectivity index (χ1) is 24.9. The molecule has 1 aliphatic rings. The topological polar surface area (TPSA) is 131 Å². The zero-order chi connectivity index (χ0) is 35.5. The summed E-state index contributed by atoms with van der Waals surface area (Å²) in [7, 11) is 0. The van der Waals surface area contributed by atoms with E-state index in [0.29, 0.717) is 32.3 Å². The van der Waals surface area contributed by atoms with E-state index in [1.807, 2.05) is 66.8 Å². The number of allylic oxidation sites excluding steroid dienone is 6. The Balaban J connectivity index is 1.10. The lowest BCUT2D eigenvalue weighted by Gasteiger charge is -2.16. The van der Waals surface area contributed by atoms with Crippen LogP contribution in [0.3, 0.4) is 0 Å². The normalized spacial score (nSPS) is 14.1. The summed E-state index contributed by atoms with van der Waals surface area (Å²) in [5, 5.41) is 46.9. The molecular weight excluding hydrogens is 765 g/mol. The Labute approximate surface area is 322 Å². The second-order valence-electron chi connectivity index (χ2n) is 10.6. The van der Waals surface area contributed by atoms with Crippen LogP contribution in [0.4, 0.5) is 0 Å². The Bertz CT molecular complexity index is 2680. The maximum Gasteiger partial charge on any atom is 0.110 e. The van der Waals surface area contributed by atoms with Gasteiger partial charge in [0.15, 0.2) is 0 Å². The van der Waals surface area contributed by atoms with Gasteiger partial charge in [0.05, 0.1) is 16.9 Å². The van der Waals surface area contributed by atoms with Crippen molar-refractivity contribution in [1.82, 2.24) is 0 Å². The molecule has 0 aromatic carbocycles. The standard InChI is InChI=1S/C38H18N6S7/c39-17-21(29-7-3-25(19-41)48-29)15-23-1-9-33(46-23)35-13-11-31(50-35)27-5-6-28(38(44-45)37(27)43)32-12-14-36(51-32)34-10-2-24(47-34)16-22(18-40)30-8-4-26(20-42)49-30/h1-16,43,45H/b21-15+,22-16+,43-37?,44-38-. The van der Waals surface area contributed by atoms with Crippen molar-refractivity contribution < 1.29 is 0 Å². The van der Waals surface area contributed by atoms with Gasteiger partial charge in [0.1, 0.15) is 39.7 Å². The van der Waals surface area contributed by atoms with E-state index in [0.717, 1.165) is 59.9 Å². The molecule has 6 aromatic rings. The summed E-state index contributed by atoms with van der Waals surface area (Å²) in [6, 6.07) is 32.0. The number of nitriles is 4. The third-order valence-corrected chi connectivity index (χ3v) is 14.5. The monoisotopic (exact) mass is 782 g/mol. The quantitative estimate of drug-likeness (QED) is 0.0903. The second kappa shape index (κ2) is 15.0. The summed E-state index contributed by atoms with van der Waals surface area (Å²) < 4.78 is 4.25. The number of nitrogens with one attached hydrogen (secondary N) is 1. The van der Waals surface area contributed by atoms with Crippen LogP contribution in [-0.4, -0.2) is 11.4 Å². The first-order valence-electron chi connectivity index (χ1n) is 14.8. The van der Waals surface area contributed by atoms with Gasteiger partial charge in [-0.05, 0) is 97.8 Å². The number of hydrogen-bond donors (Lipinski definition) is 2. The molecule has 0 aliphatic heterocycles. The molecule has 6 aromatic heterocycles. The molecule has 13 heteroatoms. The number of hydrogen-bond acceptors (Lipinski definition) is 13. The molecule has 51 heavy (non-hydrogen) atoms. The number of rotatable bonds is 8. The molecular formula is C38H18N6S7. The predicted octanol–water partition coefficient (Wildman–Crippen LogP) is 12.0. The van der Waals surface area contributed by atoms with Gasteiger partial charge in [-0.15, -0.1) is 68.0 Å². The van der Waals surface area contributed by atoms with Gasteiger partial charge in [-0.2, -0.15) is 21.0 Å². The summed E-state index contributed by atoms with van der Waals surface area (Å²) in [5.74, 6) is 0. The minimum absolute atomic E-state index is 0.299. The fourth-order valence-corrected chi connectivity index (χ4v) is 11.0. The highest BCUT2D eigenvalue weighted by Crippen LogP contribution is 2.42. The lowest BCUT2D eigenvalue weighted by Crippen LogP contribution is -2.18. The van der Waals surface area contributed by atoms with E-state index in [1.165, 1.54) is 22.7 Å². The average Bonchev–Trinajstić information content (AvgIpc) is 4.00. The van der Waals surface area contributed by atoms with Crippen molar-refractivity contribution in [2.24, 2.45) is 4.40 Å². The second-order valence-corrected chi connectivity index (χ2v) is 17.4. The molecule has 242 valence electrons. The van der Waals surface area contributed by atoms with E-state index in [1.54, 1.807) is 69.6 Å². The van der Waals surface area contributed by atoms with E-state index in [2.05, 4.69) is 47.6 Å². The molecule has 0 unspecified atom stereocenters. The largest absolute Gasteiger partial charge is 0.298 e. The maximum atomic E-state index is 9.73. The Morgan fingerprint density at radius 1 is 0.549 bits per heavy atom. The van der Waals surface area contributed by atoms with Gasteiger partial charge >= 0.3 is 0 Å². The highest BCUT2D eigenvalue weighted by molar-refractivity contribution is 7.79. The van der Waals surface area contributed by atoms with Crippen molar-refractivity contribution in [2.45, 2.75) is 0 Å². The molecule has 0 radical (unpaired) electrons. The van der Waals surface area contributed by atoms with Crippen LogP contribution in [0.25, 0.3) is 54.0 Å². The summed E-state index contributed by atoms with van der Waals surface area (Å²) in [4.78, 5) is 10.7. The Kier molecular flexibility index (Phi) is 10.1. The van der Waals surface area contributed by atoms with Crippen LogP contribution in [0.15, 0.2) is 89.3 Å². The molecule has 1 aliphatic carbocycles. The Morgan fingerprint density at radius 3 is 1.43 bits per heavy atom. The molecule has 0 saturated carbocycles. The van der Waals surface area contributed by atoms with Crippen LogP contribution >= 0.6 is 80.8 Å². The summed E-state index contributed by atoms with van der Waals surface area (Å²) in [6.07, 6.45) is 7.67. The molecule has 0 spiro atoms. The van der Waals surface area contributed by atoms with Gasteiger partial charge in [0.25, 0.3) is 0 Å². The van der Waals surface area contributed by atoms with Crippen molar-refractivity contribution in [3.63, 3.8) is 0 Å². The van der Waals surface area contributed by atoms with Gasteiger partial charge in [0.2, 0.25) is 0 Å². The third-order valence-electron chi connectivity index (χ3n) is 7.54. The number of thiophene rings is 6. The van der Waals surface area contributed by atoms with Gasteiger partial charge < -0.3 is 0 Å². The molecule has 0 saturated heterocycles. The molecule has 7 rings (SSSR count). The maximum absolute atomic E-state index is 9.73. The van der Waals surface area contributed by atoms with Crippen LogP contribution in [0, 0.1) is 50.7 Å². The molecule has 0 bridgehead atoms. The molecule has 0 atom stereocenters. The fourth-order valence-electron chi connectivity index (χ4n) is 5.14.